The van der Waals surface area contributed by atoms with Crippen molar-refractivity contribution in [3.05, 3.63) is 99.6 Å². The molecule has 3 aromatic carbocycles. The molecule has 3 aromatic rings. The van der Waals surface area contributed by atoms with Crippen LogP contribution >= 0.6 is 23.2 Å². The summed E-state index contributed by atoms with van der Waals surface area (Å²) in [5, 5.41) is 13.4. The number of anilines is 2. The number of rotatable bonds is 5. The van der Waals surface area contributed by atoms with Crippen LogP contribution in [0.5, 0.6) is 0 Å². The molecule has 3 atom stereocenters. The molecule has 0 fully saturated rings. The molecular weight excluding hydrogens is 495 g/mol. The van der Waals surface area contributed by atoms with Crippen molar-refractivity contribution in [2.45, 2.75) is 23.3 Å². The zero-order valence-corrected chi connectivity index (χ0v) is 20.0. The molecule has 1 heterocycles. The number of carboxylic acids is 1. The van der Waals surface area contributed by atoms with E-state index < -0.39 is 16.0 Å². The summed E-state index contributed by atoms with van der Waals surface area (Å²) < 4.78 is 28.7. The van der Waals surface area contributed by atoms with Crippen LogP contribution in [0.3, 0.4) is 0 Å². The van der Waals surface area contributed by atoms with Crippen LogP contribution in [0.15, 0.2) is 77.7 Å². The second-order valence-corrected chi connectivity index (χ2v) is 11.0. The number of halogens is 2. The summed E-state index contributed by atoms with van der Waals surface area (Å²) in [6, 6.07) is 16.4. The smallest absolute Gasteiger partial charge is 0.335 e. The second-order valence-electron chi connectivity index (χ2n) is 8.42. The van der Waals surface area contributed by atoms with E-state index in [-0.39, 0.29) is 34.0 Å². The first-order valence-electron chi connectivity index (χ1n) is 10.6. The van der Waals surface area contributed by atoms with Crippen molar-refractivity contribution in [1.29, 1.82) is 0 Å². The third kappa shape index (κ3) is 4.27. The van der Waals surface area contributed by atoms with Crippen LogP contribution in [-0.4, -0.2) is 19.5 Å². The Morgan fingerprint density at radius 1 is 1.00 bits per heavy atom. The van der Waals surface area contributed by atoms with Crippen molar-refractivity contribution in [3.63, 3.8) is 0 Å². The molecule has 34 heavy (non-hydrogen) atoms. The first kappa shape index (κ1) is 22.8. The summed E-state index contributed by atoms with van der Waals surface area (Å²) in [5.41, 5.74) is 3.28. The van der Waals surface area contributed by atoms with Gasteiger partial charge in [0, 0.05) is 21.7 Å². The normalized spacial score (nSPS) is 20.8. The molecule has 1 aliphatic heterocycles. The number of fused-ring (bicyclic) bond motifs is 3. The average molecular weight is 515 g/mol. The molecule has 6 nitrogen and oxygen atoms in total. The van der Waals surface area contributed by atoms with Crippen molar-refractivity contribution in [2.24, 2.45) is 5.92 Å². The number of allylic oxidation sites excluding steroid dienone is 2. The van der Waals surface area contributed by atoms with Crippen LogP contribution < -0.4 is 10.0 Å². The van der Waals surface area contributed by atoms with E-state index in [1.807, 2.05) is 12.1 Å². The van der Waals surface area contributed by atoms with Gasteiger partial charge in [-0.15, -0.1) is 0 Å². The van der Waals surface area contributed by atoms with E-state index in [4.69, 9.17) is 23.2 Å². The average Bonchev–Trinajstić information content (AvgIpc) is 3.27. The van der Waals surface area contributed by atoms with Crippen LogP contribution in [0, 0.1) is 5.92 Å². The van der Waals surface area contributed by atoms with E-state index in [1.165, 1.54) is 18.2 Å². The molecule has 0 amide bonds. The number of carboxylic acid groups (broad SMARTS) is 1. The third-order valence-corrected chi connectivity index (χ3v) is 8.09. The fourth-order valence-corrected chi connectivity index (χ4v) is 6.33. The van der Waals surface area contributed by atoms with E-state index in [1.54, 1.807) is 30.3 Å². The first-order chi connectivity index (χ1) is 16.2. The Balaban J connectivity index is 1.47. The fourth-order valence-electron chi connectivity index (χ4n) is 4.73. The van der Waals surface area contributed by atoms with Crippen LogP contribution in [0.4, 0.5) is 11.4 Å². The Morgan fingerprint density at radius 2 is 1.71 bits per heavy atom. The SMILES string of the molecule is O=C(O)c1ccc([C@H]2Nc3ccc(S(=O)(=O)Nc4cc(Cl)cc(Cl)c4)cc3[C@H]3C=CC[C@H]32)cc1. The lowest BCUT2D eigenvalue weighted by Gasteiger charge is -2.37. The highest BCUT2D eigenvalue weighted by molar-refractivity contribution is 7.92. The summed E-state index contributed by atoms with van der Waals surface area (Å²) in [4.78, 5) is 11.3. The minimum Gasteiger partial charge on any atom is -0.478 e. The number of aromatic carboxylic acids is 1. The molecule has 5 rings (SSSR count). The van der Waals surface area contributed by atoms with Gasteiger partial charge >= 0.3 is 5.97 Å². The lowest BCUT2D eigenvalue weighted by Crippen LogP contribution is -2.29. The van der Waals surface area contributed by atoms with Gasteiger partial charge in [0.1, 0.15) is 0 Å². The van der Waals surface area contributed by atoms with Crippen molar-refractivity contribution in [1.82, 2.24) is 0 Å². The highest BCUT2D eigenvalue weighted by Crippen LogP contribution is 2.50. The highest BCUT2D eigenvalue weighted by Gasteiger charge is 2.38. The monoisotopic (exact) mass is 514 g/mol. The zero-order chi connectivity index (χ0) is 24.0. The molecule has 0 saturated heterocycles. The summed E-state index contributed by atoms with van der Waals surface area (Å²) in [6.07, 6.45) is 5.06. The molecule has 0 saturated carbocycles. The quantitative estimate of drug-likeness (QED) is 0.346. The van der Waals surface area contributed by atoms with Gasteiger partial charge in [-0.25, -0.2) is 13.2 Å². The van der Waals surface area contributed by atoms with E-state index >= 15 is 0 Å². The van der Waals surface area contributed by atoms with Crippen LogP contribution in [-0.2, 0) is 10.0 Å². The second kappa shape index (κ2) is 8.65. The van der Waals surface area contributed by atoms with Gasteiger partial charge in [0.25, 0.3) is 10.0 Å². The number of nitrogens with one attached hydrogen (secondary N) is 2. The maximum atomic E-state index is 13.1. The fraction of sp³-hybridized carbons (Fsp3) is 0.160. The minimum atomic E-state index is -3.86. The lowest BCUT2D eigenvalue weighted by molar-refractivity contribution is 0.0697. The standard InChI is InChI=1S/C25H20Cl2N2O4S/c26-16-10-17(27)12-18(11-16)29-34(32,33)19-8-9-23-22(13-19)20-2-1-3-21(20)24(28-23)14-4-6-15(7-5-14)25(30)31/h1-2,4-13,20-21,24,28-29H,3H2,(H,30,31)/t20-,21+,24+/m0/s1. The predicted molar refractivity (Wildman–Crippen MR) is 133 cm³/mol. The maximum Gasteiger partial charge on any atom is 0.335 e. The molecule has 1 aliphatic carbocycles. The maximum absolute atomic E-state index is 13.1. The number of hydrogen-bond acceptors (Lipinski definition) is 4. The molecule has 0 unspecified atom stereocenters. The molecule has 0 spiro atoms. The van der Waals surface area contributed by atoms with Gasteiger partial charge in [-0.2, -0.15) is 0 Å². The molecule has 3 N–H and O–H groups in total. The van der Waals surface area contributed by atoms with Gasteiger partial charge in [0.05, 0.1) is 22.2 Å². The summed E-state index contributed by atoms with van der Waals surface area (Å²) in [5.74, 6) is -0.742. The number of sulfonamides is 1. The first-order valence-corrected chi connectivity index (χ1v) is 12.8. The van der Waals surface area contributed by atoms with Gasteiger partial charge in [-0.3, -0.25) is 4.72 Å². The Kier molecular flexibility index (Phi) is 5.80. The predicted octanol–water partition coefficient (Wildman–Crippen LogP) is 6.32. The van der Waals surface area contributed by atoms with Crippen molar-refractivity contribution in [2.75, 3.05) is 10.0 Å². The molecule has 2 aliphatic rings. The lowest BCUT2D eigenvalue weighted by atomic mass is 9.77. The van der Waals surface area contributed by atoms with E-state index in [0.717, 1.165) is 23.2 Å². The highest BCUT2D eigenvalue weighted by atomic mass is 35.5. The van der Waals surface area contributed by atoms with E-state index in [0.29, 0.717) is 10.0 Å². The van der Waals surface area contributed by atoms with Gasteiger partial charge in [-0.1, -0.05) is 47.5 Å². The van der Waals surface area contributed by atoms with Crippen molar-refractivity contribution < 1.29 is 18.3 Å². The number of hydrogen-bond donors (Lipinski definition) is 3. The zero-order valence-electron chi connectivity index (χ0n) is 17.7. The van der Waals surface area contributed by atoms with Gasteiger partial charge in [0.15, 0.2) is 0 Å². The van der Waals surface area contributed by atoms with Crippen LogP contribution in [0.2, 0.25) is 10.0 Å². The number of carbonyl (C=O) groups is 1. The van der Waals surface area contributed by atoms with Gasteiger partial charge < -0.3 is 10.4 Å². The summed E-state index contributed by atoms with van der Waals surface area (Å²) in [7, 11) is -3.86. The van der Waals surface area contributed by atoms with E-state index in [2.05, 4.69) is 22.2 Å². The molecular formula is C25H20Cl2N2O4S. The molecule has 174 valence electrons. The van der Waals surface area contributed by atoms with Crippen LogP contribution in [0.1, 0.15) is 39.9 Å². The third-order valence-electron chi connectivity index (χ3n) is 6.28. The van der Waals surface area contributed by atoms with Gasteiger partial charge in [0.2, 0.25) is 0 Å². The molecule has 0 bridgehead atoms. The number of benzene rings is 3. The minimum absolute atomic E-state index is 0.0236. The Hall–Kier alpha value is -3.00. The Bertz CT molecular complexity index is 1400. The molecule has 9 heteroatoms. The summed E-state index contributed by atoms with van der Waals surface area (Å²) >= 11 is 12.0. The van der Waals surface area contributed by atoms with E-state index in [9.17, 15) is 18.3 Å². The Morgan fingerprint density at radius 3 is 2.38 bits per heavy atom. The summed E-state index contributed by atoms with van der Waals surface area (Å²) in [6.45, 7) is 0. The Labute approximate surface area is 207 Å². The molecule has 0 radical (unpaired) electrons. The van der Waals surface area contributed by atoms with Crippen molar-refractivity contribution in [3.8, 4) is 0 Å². The topological polar surface area (TPSA) is 95.5 Å². The van der Waals surface area contributed by atoms with Crippen molar-refractivity contribution >= 4 is 50.6 Å². The van der Waals surface area contributed by atoms with Crippen LogP contribution in [0.25, 0.3) is 0 Å². The van der Waals surface area contributed by atoms with Gasteiger partial charge in [-0.05, 0) is 72.0 Å². The molecule has 0 aromatic heterocycles. The largest absolute Gasteiger partial charge is 0.478 e.